The molecule has 1 amide bonds. The molecule has 1 aliphatic rings. The summed E-state index contributed by atoms with van der Waals surface area (Å²) < 4.78 is 0. The van der Waals surface area contributed by atoms with Gasteiger partial charge < -0.3 is 9.88 Å². The third-order valence-electron chi connectivity index (χ3n) is 4.00. The highest BCUT2D eigenvalue weighted by atomic mass is 32.2. The zero-order chi connectivity index (χ0) is 17.8. The molecule has 2 heterocycles. The van der Waals surface area contributed by atoms with Gasteiger partial charge in [-0.05, 0) is 37.1 Å². The topological polar surface area (TPSA) is 89.9 Å². The smallest absolute Gasteiger partial charge is 0.251 e. The Morgan fingerprint density at radius 2 is 2.12 bits per heavy atom. The summed E-state index contributed by atoms with van der Waals surface area (Å²) in [6, 6.07) is 10.6. The lowest BCUT2D eigenvalue weighted by Crippen LogP contribution is -2.28. The van der Waals surface area contributed by atoms with E-state index in [9.17, 15) is 9.59 Å². The number of aromatic amines is 1. The van der Waals surface area contributed by atoms with Crippen LogP contribution in [0.4, 0.5) is 5.69 Å². The van der Waals surface area contributed by atoms with E-state index in [-0.39, 0.29) is 16.7 Å². The summed E-state index contributed by atoms with van der Waals surface area (Å²) in [6.45, 7) is 2.65. The van der Waals surface area contributed by atoms with E-state index in [1.54, 1.807) is 29.2 Å². The lowest BCUT2D eigenvalue weighted by molar-refractivity contribution is -0.116. The number of nitriles is 1. The number of amides is 1. The number of benzene rings is 1. The van der Waals surface area contributed by atoms with Gasteiger partial charge in [-0.1, -0.05) is 25.1 Å². The maximum atomic E-state index is 12.7. The molecule has 0 bridgehead atoms. The van der Waals surface area contributed by atoms with Crippen molar-refractivity contribution < 1.29 is 4.79 Å². The van der Waals surface area contributed by atoms with Gasteiger partial charge in [0.2, 0.25) is 5.91 Å². The first-order valence-corrected chi connectivity index (χ1v) is 9.07. The second-order valence-corrected chi connectivity index (χ2v) is 7.03. The number of aryl methyl sites for hydroxylation is 1. The molecule has 7 heteroatoms. The molecule has 0 aliphatic carbocycles. The van der Waals surface area contributed by atoms with Gasteiger partial charge in [-0.2, -0.15) is 5.26 Å². The Morgan fingerprint density at radius 3 is 2.80 bits per heavy atom. The summed E-state index contributed by atoms with van der Waals surface area (Å²) in [5.74, 6) is -0.00162. The van der Waals surface area contributed by atoms with Crippen molar-refractivity contribution in [1.82, 2.24) is 9.97 Å². The number of aromatic nitrogens is 2. The van der Waals surface area contributed by atoms with Crippen LogP contribution in [0.2, 0.25) is 0 Å². The molecule has 1 aliphatic heterocycles. The standard InChI is InChI=1S/C18H18N4O2S/c1-2-3-13-10-16(23)21-18(20-13)25-15-8-9-22(17(15)24)14-6-4-12(11-19)5-7-14/h4-7,10,15H,2-3,8-9H2,1H3,(H,20,21,23)/t15-/m0/s1. The number of carbonyl (C=O) groups excluding carboxylic acids is 1. The van der Waals surface area contributed by atoms with Gasteiger partial charge in [-0.25, -0.2) is 4.98 Å². The molecule has 0 unspecified atom stereocenters. The van der Waals surface area contributed by atoms with Crippen LogP contribution >= 0.6 is 11.8 Å². The van der Waals surface area contributed by atoms with E-state index in [0.29, 0.717) is 23.7 Å². The fourth-order valence-electron chi connectivity index (χ4n) is 2.79. The summed E-state index contributed by atoms with van der Waals surface area (Å²) in [4.78, 5) is 33.3. The number of nitrogens with one attached hydrogen (secondary N) is 1. The molecule has 0 radical (unpaired) electrons. The molecule has 1 atom stereocenters. The number of hydrogen-bond acceptors (Lipinski definition) is 5. The van der Waals surface area contributed by atoms with Crippen molar-refractivity contribution in [1.29, 1.82) is 5.26 Å². The highest BCUT2D eigenvalue weighted by Gasteiger charge is 2.33. The third-order valence-corrected chi connectivity index (χ3v) is 5.14. The Morgan fingerprint density at radius 1 is 1.36 bits per heavy atom. The molecule has 6 nitrogen and oxygen atoms in total. The van der Waals surface area contributed by atoms with E-state index in [1.165, 1.54) is 17.8 Å². The van der Waals surface area contributed by atoms with Crippen molar-refractivity contribution in [2.24, 2.45) is 0 Å². The summed E-state index contributed by atoms with van der Waals surface area (Å²) in [5.41, 5.74) is 1.92. The number of anilines is 1. The largest absolute Gasteiger partial charge is 0.311 e. The number of H-pyrrole nitrogens is 1. The first-order chi connectivity index (χ1) is 12.1. The second kappa shape index (κ2) is 7.53. The maximum Gasteiger partial charge on any atom is 0.251 e. The second-order valence-electron chi connectivity index (χ2n) is 5.84. The molecule has 0 spiro atoms. The average Bonchev–Trinajstić information content (AvgIpc) is 2.95. The minimum absolute atomic E-state index is 0.00162. The van der Waals surface area contributed by atoms with Crippen molar-refractivity contribution in [2.75, 3.05) is 11.4 Å². The van der Waals surface area contributed by atoms with Gasteiger partial charge in [0.1, 0.15) is 0 Å². The summed E-state index contributed by atoms with van der Waals surface area (Å²) >= 11 is 1.31. The normalized spacial score (nSPS) is 16.9. The fourth-order valence-corrected chi connectivity index (χ4v) is 3.84. The highest BCUT2D eigenvalue weighted by Crippen LogP contribution is 2.31. The van der Waals surface area contributed by atoms with E-state index >= 15 is 0 Å². The van der Waals surface area contributed by atoms with Crippen LogP contribution in [0.1, 0.15) is 31.0 Å². The Bertz CT molecular complexity index is 870. The molecule has 128 valence electrons. The predicted octanol–water partition coefficient (Wildman–Crippen LogP) is 2.49. The molecule has 25 heavy (non-hydrogen) atoms. The monoisotopic (exact) mass is 354 g/mol. The van der Waals surface area contributed by atoms with Gasteiger partial charge in [0.15, 0.2) is 5.16 Å². The van der Waals surface area contributed by atoms with Crippen LogP contribution in [0.3, 0.4) is 0 Å². The molecule has 2 aromatic rings. The van der Waals surface area contributed by atoms with Crippen molar-refractivity contribution >= 4 is 23.4 Å². The van der Waals surface area contributed by atoms with Crippen LogP contribution in [-0.2, 0) is 11.2 Å². The van der Waals surface area contributed by atoms with E-state index in [4.69, 9.17) is 5.26 Å². The van der Waals surface area contributed by atoms with Crippen molar-refractivity contribution in [3.8, 4) is 6.07 Å². The molecule has 1 saturated heterocycles. The Labute approximate surface area is 149 Å². The summed E-state index contributed by atoms with van der Waals surface area (Å²) in [6.07, 6.45) is 2.34. The van der Waals surface area contributed by atoms with Crippen LogP contribution < -0.4 is 10.5 Å². The van der Waals surface area contributed by atoms with Crippen LogP contribution in [0.5, 0.6) is 0 Å². The van der Waals surface area contributed by atoms with E-state index in [1.807, 2.05) is 6.92 Å². The van der Waals surface area contributed by atoms with Gasteiger partial charge in [-0.3, -0.25) is 9.59 Å². The van der Waals surface area contributed by atoms with Crippen molar-refractivity contribution in [3.05, 3.63) is 51.9 Å². The first kappa shape index (κ1) is 17.2. The van der Waals surface area contributed by atoms with Gasteiger partial charge in [-0.15, -0.1) is 0 Å². The molecule has 1 fully saturated rings. The van der Waals surface area contributed by atoms with Crippen LogP contribution in [-0.4, -0.2) is 27.7 Å². The Hall–Kier alpha value is -2.59. The zero-order valence-corrected chi connectivity index (χ0v) is 14.7. The molecular formula is C18H18N4O2S. The molecule has 3 rings (SSSR count). The van der Waals surface area contributed by atoms with Crippen molar-refractivity contribution in [2.45, 2.75) is 36.6 Å². The molecule has 1 N–H and O–H groups in total. The fraction of sp³-hybridized carbons (Fsp3) is 0.333. The molecular weight excluding hydrogens is 336 g/mol. The van der Waals surface area contributed by atoms with Gasteiger partial charge in [0.05, 0.1) is 16.9 Å². The van der Waals surface area contributed by atoms with Crippen LogP contribution in [0.25, 0.3) is 0 Å². The van der Waals surface area contributed by atoms with E-state index < -0.39 is 0 Å². The minimum Gasteiger partial charge on any atom is -0.311 e. The molecule has 0 saturated carbocycles. The van der Waals surface area contributed by atoms with Gasteiger partial charge >= 0.3 is 0 Å². The molecule has 1 aromatic carbocycles. The quantitative estimate of drug-likeness (QED) is 0.833. The van der Waals surface area contributed by atoms with Crippen LogP contribution in [0.15, 0.2) is 40.3 Å². The Kier molecular flexibility index (Phi) is 5.19. The summed E-state index contributed by atoms with van der Waals surface area (Å²) in [7, 11) is 0. The lowest BCUT2D eigenvalue weighted by Gasteiger charge is -2.16. The SMILES string of the molecule is CCCc1cc(=O)[nH]c(S[C@H]2CCN(c3ccc(C#N)cc3)C2=O)n1. The number of hydrogen-bond donors (Lipinski definition) is 1. The first-order valence-electron chi connectivity index (χ1n) is 8.19. The van der Waals surface area contributed by atoms with Gasteiger partial charge in [0, 0.05) is 24.0 Å². The van der Waals surface area contributed by atoms with E-state index in [0.717, 1.165) is 24.2 Å². The van der Waals surface area contributed by atoms with Crippen molar-refractivity contribution in [3.63, 3.8) is 0 Å². The highest BCUT2D eigenvalue weighted by molar-refractivity contribution is 8.00. The predicted molar refractivity (Wildman–Crippen MR) is 96.6 cm³/mol. The summed E-state index contributed by atoms with van der Waals surface area (Å²) in [5, 5.41) is 9.09. The molecule has 1 aromatic heterocycles. The Balaban J connectivity index is 1.74. The zero-order valence-electron chi connectivity index (χ0n) is 13.9. The lowest BCUT2D eigenvalue weighted by atomic mass is 10.2. The third kappa shape index (κ3) is 3.91. The number of nitrogens with zero attached hydrogens (tertiary/aromatic N) is 3. The van der Waals surface area contributed by atoms with Gasteiger partial charge in [0.25, 0.3) is 5.56 Å². The van der Waals surface area contributed by atoms with Crippen LogP contribution in [0, 0.1) is 11.3 Å². The number of rotatable bonds is 5. The number of thioether (sulfide) groups is 1. The number of carbonyl (C=O) groups is 1. The van der Waals surface area contributed by atoms with E-state index in [2.05, 4.69) is 16.0 Å². The average molecular weight is 354 g/mol. The maximum absolute atomic E-state index is 12.7. The minimum atomic E-state index is -0.268.